The Morgan fingerprint density at radius 1 is 1.42 bits per heavy atom. The molecule has 2 N–H and O–H groups in total. The second kappa shape index (κ2) is 11.7. The number of rotatable bonds is 5. The molecule has 1 aliphatic carbocycles. The number of nitrogens with one attached hydrogen (secondary N) is 1. The minimum Gasteiger partial charge on any atom is -0.393 e. The minimum absolute atomic E-state index is 0.00106. The standard InChI is InChI=1S/C9H18O.C7H15NS/c1-7(2)8-4-3-5-9(10)6-8;1-4-6-8-7(5-2)9-3/h7-10H,3-6H2,1-2H3;5,8H,4,6H2,1-3H3. The minimum atomic E-state index is 0.00106. The number of allylic oxidation sites excluding steroid dienone is 1. The molecule has 0 aromatic heterocycles. The van der Waals surface area contributed by atoms with Crippen LogP contribution in [0.25, 0.3) is 0 Å². The van der Waals surface area contributed by atoms with Crippen molar-refractivity contribution in [3.8, 4) is 0 Å². The monoisotopic (exact) mass is 287 g/mol. The van der Waals surface area contributed by atoms with Gasteiger partial charge in [-0.05, 0) is 44.3 Å². The Morgan fingerprint density at radius 3 is 2.47 bits per heavy atom. The van der Waals surface area contributed by atoms with Crippen LogP contribution in [-0.2, 0) is 0 Å². The van der Waals surface area contributed by atoms with Crippen molar-refractivity contribution in [2.75, 3.05) is 12.8 Å². The van der Waals surface area contributed by atoms with Gasteiger partial charge in [-0.25, -0.2) is 0 Å². The first-order valence-electron chi connectivity index (χ1n) is 7.67. The molecule has 0 aromatic rings. The summed E-state index contributed by atoms with van der Waals surface area (Å²) in [6.07, 6.45) is 10.00. The van der Waals surface area contributed by atoms with E-state index in [0.29, 0.717) is 0 Å². The van der Waals surface area contributed by atoms with Crippen molar-refractivity contribution in [2.45, 2.75) is 65.9 Å². The Hall–Kier alpha value is -0.150. The number of thioether (sulfide) groups is 1. The van der Waals surface area contributed by atoms with E-state index in [1.807, 2.05) is 0 Å². The quantitative estimate of drug-likeness (QED) is 0.786. The van der Waals surface area contributed by atoms with Crippen molar-refractivity contribution in [3.63, 3.8) is 0 Å². The molecule has 2 nitrogen and oxygen atoms in total. The van der Waals surface area contributed by atoms with Gasteiger partial charge in [0.25, 0.3) is 0 Å². The zero-order chi connectivity index (χ0) is 14.7. The average Bonchev–Trinajstić information content (AvgIpc) is 2.41. The predicted octanol–water partition coefficient (Wildman–Crippen LogP) is 4.40. The van der Waals surface area contributed by atoms with Gasteiger partial charge in [0.15, 0.2) is 0 Å². The Balaban J connectivity index is 0.000000344. The third-order valence-electron chi connectivity index (χ3n) is 3.66. The topological polar surface area (TPSA) is 32.3 Å². The fourth-order valence-electron chi connectivity index (χ4n) is 2.35. The Bertz CT molecular complexity index is 241. The molecule has 1 rings (SSSR count). The fraction of sp³-hybridized carbons (Fsp3) is 0.875. The van der Waals surface area contributed by atoms with Crippen LogP contribution in [-0.4, -0.2) is 24.0 Å². The van der Waals surface area contributed by atoms with Crippen LogP contribution in [0.15, 0.2) is 11.1 Å². The molecular formula is C16H33NOS. The van der Waals surface area contributed by atoms with E-state index in [1.54, 1.807) is 11.8 Å². The van der Waals surface area contributed by atoms with Crippen molar-refractivity contribution in [3.05, 3.63) is 11.1 Å². The number of hydrogen-bond acceptors (Lipinski definition) is 3. The molecule has 0 bridgehead atoms. The molecular weight excluding hydrogens is 254 g/mol. The second-order valence-electron chi connectivity index (χ2n) is 5.61. The van der Waals surface area contributed by atoms with Crippen LogP contribution < -0.4 is 5.32 Å². The molecule has 0 aliphatic heterocycles. The van der Waals surface area contributed by atoms with Gasteiger partial charge in [-0.3, -0.25) is 0 Å². The van der Waals surface area contributed by atoms with Crippen molar-refractivity contribution in [1.29, 1.82) is 0 Å². The van der Waals surface area contributed by atoms with Crippen molar-refractivity contribution >= 4 is 11.8 Å². The molecule has 2 unspecified atom stereocenters. The molecule has 0 heterocycles. The molecule has 2 atom stereocenters. The molecule has 0 saturated heterocycles. The molecule has 0 spiro atoms. The van der Waals surface area contributed by atoms with Crippen molar-refractivity contribution < 1.29 is 5.11 Å². The van der Waals surface area contributed by atoms with Crippen molar-refractivity contribution in [2.24, 2.45) is 11.8 Å². The van der Waals surface area contributed by atoms with E-state index in [4.69, 9.17) is 0 Å². The van der Waals surface area contributed by atoms with Gasteiger partial charge >= 0.3 is 0 Å². The highest BCUT2D eigenvalue weighted by Gasteiger charge is 2.21. The van der Waals surface area contributed by atoms with E-state index in [1.165, 1.54) is 24.3 Å². The normalized spacial score (nSPS) is 23.8. The summed E-state index contributed by atoms with van der Waals surface area (Å²) in [4.78, 5) is 0. The van der Waals surface area contributed by atoms with Gasteiger partial charge in [-0.2, -0.15) is 0 Å². The van der Waals surface area contributed by atoms with Gasteiger partial charge in [0, 0.05) is 6.54 Å². The third kappa shape index (κ3) is 9.39. The third-order valence-corrected chi connectivity index (χ3v) is 4.48. The largest absolute Gasteiger partial charge is 0.393 e. The van der Waals surface area contributed by atoms with E-state index in [9.17, 15) is 5.11 Å². The average molecular weight is 288 g/mol. The van der Waals surface area contributed by atoms with Crippen LogP contribution in [0.5, 0.6) is 0 Å². The maximum atomic E-state index is 9.33. The molecule has 0 aromatic carbocycles. The van der Waals surface area contributed by atoms with E-state index in [2.05, 4.69) is 45.3 Å². The highest BCUT2D eigenvalue weighted by molar-refractivity contribution is 8.02. The van der Waals surface area contributed by atoms with Gasteiger partial charge in [0.1, 0.15) is 0 Å². The molecule has 3 heteroatoms. The van der Waals surface area contributed by atoms with Gasteiger partial charge in [0.05, 0.1) is 11.1 Å². The molecule has 19 heavy (non-hydrogen) atoms. The van der Waals surface area contributed by atoms with E-state index < -0.39 is 0 Å². The van der Waals surface area contributed by atoms with Gasteiger partial charge in [-0.15, -0.1) is 11.8 Å². The summed E-state index contributed by atoms with van der Waals surface area (Å²) in [5.41, 5.74) is 0. The lowest BCUT2D eigenvalue weighted by Gasteiger charge is -2.28. The number of aliphatic hydroxyl groups excluding tert-OH is 1. The van der Waals surface area contributed by atoms with E-state index >= 15 is 0 Å². The van der Waals surface area contributed by atoms with Crippen LogP contribution in [0.4, 0.5) is 0 Å². The Morgan fingerprint density at radius 2 is 2.11 bits per heavy atom. The molecule has 1 fully saturated rings. The zero-order valence-electron chi connectivity index (χ0n) is 13.4. The molecule has 1 aliphatic rings. The summed E-state index contributed by atoms with van der Waals surface area (Å²) in [5, 5.41) is 13.9. The lowest BCUT2D eigenvalue weighted by molar-refractivity contribution is 0.0858. The lowest BCUT2D eigenvalue weighted by Crippen LogP contribution is -2.22. The van der Waals surface area contributed by atoms with Crippen LogP contribution in [0.1, 0.15) is 59.8 Å². The van der Waals surface area contributed by atoms with E-state index in [0.717, 1.165) is 31.2 Å². The smallest absolute Gasteiger partial charge is 0.0635 e. The summed E-state index contributed by atoms with van der Waals surface area (Å²) in [7, 11) is 0. The van der Waals surface area contributed by atoms with Gasteiger partial charge < -0.3 is 10.4 Å². The molecule has 114 valence electrons. The summed E-state index contributed by atoms with van der Waals surface area (Å²) < 4.78 is 0. The van der Waals surface area contributed by atoms with Crippen LogP contribution in [0, 0.1) is 11.8 Å². The maximum absolute atomic E-state index is 9.33. The summed E-state index contributed by atoms with van der Waals surface area (Å²) in [6.45, 7) is 9.81. The molecule has 1 saturated carbocycles. The summed E-state index contributed by atoms with van der Waals surface area (Å²) in [5.74, 6) is 1.54. The van der Waals surface area contributed by atoms with Gasteiger partial charge in [-0.1, -0.05) is 39.7 Å². The molecule has 0 amide bonds. The summed E-state index contributed by atoms with van der Waals surface area (Å²) in [6, 6.07) is 0. The number of hydrogen-bond donors (Lipinski definition) is 2. The maximum Gasteiger partial charge on any atom is 0.0635 e. The fourth-order valence-corrected chi connectivity index (χ4v) is 2.83. The lowest BCUT2D eigenvalue weighted by atomic mass is 9.80. The first-order chi connectivity index (χ1) is 9.04. The second-order valence-corrected chi connectivity index (χ2v) is 6.46. The van der Waals surface area contributed by atoms with Crippen LogP contribution in [0.3, 0.4) is 0 Å². The van der Waals surface area contributed by atoms with Gasteiger partial charge in [0.2, 0.25) is 0 Å². The highest BCUT2D eigenvalue weighted by atomic mass is 32.2. The predicted molar refractivity (Wildman–Crippen MR) is 88.4 cm³/mol. The first-order valence-corrected chi connectivity index (χ1v) is 8.89. The number of aliphatic hydroxyl groups is 1. The van der Waals surface area contributed by atoms with Crippen molar-refractivity contribution in [1.82, 2.24) is 5.32 Å². The highest BCUT2D eigenvalue weighted by Crippen LogP contribution is 2.29. The SMILES string of the molecule is CC(C)C1CCCC(O)C1.CC=C(NCCC)SC. The molecule has 0 radical (unpaired) electrons. The first kappa shape index (κ1) is 18.9. The van der Waals surface area contributed by atoms with Crippen LogP contribution in [0.2, 0.25) is 0 Å². The summed E-state index contributed by atoms with van der Waals surface area (Å²) >= 11 is 1.76. The Labute approximate surface area is 124 Å². The van der Waals surface area contributed by atoms with E-state index in [-0.39, 0.29) is 6.10 Å². The van der Waals surface area contributed by atoms with Crippen LogP contribution >= 0.6 is 11.8 Å². The Kier molecular flexibility index (Phi) is 11.6. The zero-order valence-corrected chi connectivity index (χ0v) is 14.2.